The van der Waals surface area contributed by atoms with Crippen LogP contribution in [0.1, 0.15) is 17.3 Å². The van der Waals surface area contributed by atoms with Crippen LogP contribution in [0, 0.1) is 0 Å². The summed E-state index contributed by atoms with van der Waals surface area (Å²) in [5.74, 6) is 0.571. The number of dihydropyridines is 1. The molecule has 4 heteroatoms. The molecule has 1 unspecified atom stereocenters. The second-order valence-corrected chi connectivity index (χ2v) is 4.21. The highest BCUT2D eigenvalue weighted by molar-refractivity contribution is 6.32. The molecule has 0 aliphatic carbocycles. The van der Waals surface area contributed by atoms with Gasteiger partial charge in [-0.15, -0.1) is 0 Å². The van der Waals surface area contributed by atoms with Gasteiger partial charge in [0.25, 0.3) is 0 Å². The Morgan fingerprint density at radius 2 is 2.35 bits per heavy atom. The van der Waals surface area contributed by atoms with E-state index in [1.807, 2.05) is 19.1 Å². The first-order chi connectivity index (χ1) is 8.19. The Morgan fingerprint density at radius 3 is 2.94 bits per heavy atom. The number of carbonyl (C=O) groups is 1. The van der Waals surface area contributed by atoms with Crippen molar-refractivity contribution in [3.05, 3.63) is 40.9 Å². The lowest BCUT2D eigenvalue weighted by Crippen LogP contribution is -2.21. The minimum absolute atomic E-state index is 0.0988. The molecule has 1 aromatic rings. The second kappa shape index (κ2) is 5.15. The molecule has 88 valence electrons. The van der Waals surface area contributed by atoms with Crippen molar-refractivity contribution < 1.29 is 9.53 Å². The van der Waals surface area contributed by atoms with Crippen LogP contribution in [-0.4, -0.2) is 24.6 Å². The van der Waals surface area contributed by atoms with Crippen LogP contribution in [0.4, 0.5) is 0 Å². The standard InChI is InChI=1S/C13H12ClNO2/c1-9-2-4-11(7-15-9)17-13-5-3-10(8-16)6-12(13)14/h2-6,8,11H,7H2,1H3. The molecule has 0 bridgehead atoms. The van der Waals surface area contributed by atoms with Crippen LogP contribution >= 0.6 is 11.6 Å². The number of benzene rings is 1. The van der Waals surface area contributed by atoms with Gasteiger partial charge in [0.1, 0.15) is 18.1 Å². The number of nitrogens with zero attached hydrogens (tertiary/aromatic N) is 1. The van der Waals surface area contributed by atoms with Gasteiger partial charge in [-0.1, -0.05) is 11.6 Å². The lowest BCUT2D eigenvalue weighted by atomic mass is 10.2. The predicted molar refractivity (Wildman–Crippen MR) is 68.4 cm³/mol. The van der Waals surface area contributed by atoms with E-state index < -0.39 is 0 Å². The molecular weight excluding hydrogens is 238 g/mol. The fourth-order valence-corrected chi connectivity index (χ4v) is 1.75. The maximum Gasteiger partial charge on any atom is 0.150 e. The summed E-state index contributed by atoms with van der Waals surface area (Å²) >= 11 is 6.01. The van der Waals surface area contributed by atoms with Crippen LogP contribution in [0.15, 0.2) is 35.3 Å². The van der Waals surface area contributed by atoms with Crippen LogP contribution in [0.3, 0.4) is 0 Å². The smallest absolute Gasteiger partial charge is 0.150 e. The molecule has 1 heterocycles. The SMILES string of the molecule is CC1=NCC(Oc2ccc(C=O)cc2Cl)C=C1. The van der Waals surface area contributed by atoms with Gasteiger partial charge in [-0.3, -0.25) is 9.79 Å². The molecule has 1 aliphatic rings. The van der Waals surface area contributed by atoms with Crippen molar-refractivity contribution in [3.63, 3.8) is 0 Å². The normalized spacial score (nSPS) is 18.7. The van der Waals surface area contributed by atoms with E-state index in [1.165, 1.54) is 0 Å². The summed E-state index contributed by atoms with van der Waals surface area (Å²) in [4.78, 5) is 14.8. The minimum Gasteiger partial charge on any atom is -0.483 e. The molecule has 0 spiro atoms. The van der Waals surface area contributed by atoms with Gasteiger partial charge in [0.2, 0.25) is 0 Å². The third kappa shape index (κ3) is 2.94. The highest BCUT2D eigenvalue weighted by Gasteiger charge is 2.12. The van der Waals surface area contributed by atoms with Gasteiger partial charge in [-0.2, -0.15) is 0 Å². The summed E-state index contributed by atoms with van der Waals surface area (Å²) in [6.45, 7) is 2.53. The van der Waals surface area contributed by atoms with Crippen molar-refractivity contribution in [2.24, 2.45) is 4.99 Å². The van der Waals surface area contributed by atoms with E-state index in [9.17, 15) is 4.79 Å². The molecule has 0 saturated heterocycles. The number of hydrogen-bond acceptors (Lipinski definition) is 3. The summed E-state index contributed by atoms with van der Waals surface area (Å²) in [5.41, 5.74) is 1.53. The molecule has 1 atom stereocenters. The van der Waals surface area contributed by atoms with E-state index in [0.717, 1.165) is 12.0 Å². The third-order valence-corrected chi connectivity index (χ3v) is 2.74. The first-order valence-electron chi connectivity index (χ1n) is 5.29. The zero-order chi connectivity index (χ0) is 12.3. The van der Waals surface area contributed by atoms with Crippen molar-refractivity contribution in [3.8, 4) is 5.75 Å². The highest BCUT2D eigenvalue weighted by Crippen LogP contribution is 2.26. The summed E-state index contributed by atoms with van der Waals surface area (Å²) in [5, 5.41) is 0.439. The molecule has 0 saturated carbocycles. The van der Waals surface area contributed by atoms with Gasteiger partial charge in [-0.05, 0) is 37.3 Å². The fourth-order valence-electron chi connectivity index (χ4n) is 1.52. The van der Waals surface area contributed by atoms with E-state index in [2.05, 4.69) is 4.99 Å². The number of halogens is 1. The highest BCUT2D eigenvalue weighted by atomic mass is 35.5. The van der Waals surface area contributed by atoms with Crippen molar-refractivity contribution in [2.75, 3.05) is 6.54 Å². The van der Waals surface area contributed by atoms with Gasteiger partial charge in [0.05, 0.1) is 11.6 Å². The Hall–Kier alpha value is -1.61. The van der Waals surface area contributed by atoms with Gasteiger partial charge >= 0.3 is 0 Å². The predicted octanol–water partition coefficient (Wildman–Crippen LogP) is 2.93. The van der Waals surface area contributed by atoms with Gasteiger partial charge in [-0.25, -0.2) is 0 Å². The Bertz CT molecular complexity index is 494. The fraction of sp³-hybridized carbons (Fsp3) is 0.231. The van der Waals surface area contributed by atoms with Crippen LogP contribution in [0.2, 0.25) is 5.02 Å². The molecule has 1 aliphatic heterocycles. The van der Waals surface area contributed by atoms with Crippen molar-refractivity contribution in [1.82, 2.24) is 0 Å². The van der Waals surface area contributed by atoms with Crippen molar-refractivity contribution >= 4 is 23.6 Å². The number of allylic oxidation sites excluding steroid dienone is 1. The van der Waals surface area contributed by atoms with Crippen LogP contribution in [0.25, 0.3) is 0 Å². The minimum atomic E-state index is -0.0988. The molecule has 3 nitrogen and oxygen atoms in total. The Labute approximate surface area is 105 Å². The van der Waals surface area contributed by atoms with Gasteiger partial charge in [0.15, 0.2) is 0 Å². The number of rotatable bonds is 3. The molecule has 1 aromatic carbocycles. The molecule has 2 rings (SSSR count). The second-order valence-electron chi connectivity index (χ2n) is 3.81. The van der Waals surface area contributed by atoms with Gasteiger partial charge in [0, 0.05) is 11.3 Å². The number of carbonyl (C=O) groups excluding carboxylic acids is 1. The number of aliphatic imine (C=N–C) groups is 1. The molecular formula is C13H12ClNO2. The van der Waals surface area contributed by atoms with E-state index >= 15 is 0 Å². The zero-order valence-electron chi connectivity index (χ0n) is 9.39. The third-order valence-electron chi connectivity index (χ3n) is 2.44. The lowest BCUT2D eigenvalue weighted by Gasteiger charge is -2.17. The van der Waals surface area contributed by atoms with Crippen molar-refractivity contribution in [2.45, 2.75) is 13.0 Å². The molecule has 0 fully saturated rings. The Morgan fingerprint density at radius 1 is 1.53 bits per heavy atom. The average Bonchev–Trinajstić information content (AvgIpc) is 2.34. The molecule has 0 aromatic heterocycles. The maximum absolute atomic E-state index is 10.6. The first-order valence-corrected chi connectivity index (χ1v) is 5.67. The van der Waals surface area contributed by atoms with E-state index in [4.69, 9.17) is 16.3 Å². The van der Waals surface area contributed by atoms with Crippen molar-refractivity contribution in [1.29, 1.82) is 0 Å². The van der Waals surface area contributed by atoms with E-state index in [0.29, 0.717) is 22.9 Å². The molecule has 0 amide bonds. The van der Waals surface area contributed by atoms with E-state index in [1.54, 1.807) is 18.2 Å². The average molecular weight is 250 g/mol. The number of aldehydes is 1. The molecule has 0 N–H and O–H groups in total. The topological polar surface area (TPSA) is 38.7 Å². The quantitative estimate of drug-likeness (QED) is 0.773. The monoisotopic (exact) mass is 249 g/mol. The Kier molecular flexibility index (Phi) is 3.59. The molecule has 0 radical (unpaired) electrons. The maximum atomic E-state index is 10.6. The largest absolute Gasteiger partial charge is 0.483 e. The lowest BCUT2D eigenvalue weighted by molar-refractivity contribution is 0.112. The zero-order valence-corrected chi connectivity index (χ0v) is 10.1. The number of ether oxygens (including phenoxy) is 1. The summed E-state index contributed by atoms with van der Waals surface area (Å²) in [6.07, 6.45) is 4.52. The summed E-state index contributed by atoms with van der Waals surface area (Å²) in [7, 11) is 0. The number of hydrogen-bond donors (Lipinski definition) is 0. The van der Waals surface area contributed by atoms with Gasteiger partial charge < -0.3 is 4.74 Å². The van der Waals surface area contributed by atoms with Crippen LogP contribution in [-0.2, 0) is 0 Å². The molecule has 17 heavy (non-hydrogen) atoms. The van der Waals surface area contributed by atoms with E-state index in [-0.39, 0.29) is 6.10 Å². The van der Waals surface area contributed by atoms with Crippen LogP contribution in [0.5, 0.6) is 5.75 Å². The summed E-state index contributed by atoms with van der Waals surface area (Å²) < 4.78 is 5.69. The van der Waals surface area contributed by atoms with Crippen LogP contribution < -0.4 is 4.74 Å². The summed E-state index contributed by atoms with van der Waals surface area (Å²) in [6, 6.07) is 4.96. The first kappa shape index (κ1) is 11.9. The Balaban J connectivity index is 2.09.